The van der Waals surface area contributed by atoms with Crippen LogP contribution in [0.4, 0.5) is 0 Å². The van der Waals surface area contributed by atoms with Crippen molar-refractivity contribution in [1.82, 2.24) is 0 Å². The van der Waals surface area contributed by atoms with E-state index in [0.717, 1.165) is 0 Å². The van der Waals surface area contributed by atoms with Gasteiger partial charge in [-0.3, -0.25) is 19.2 Å². The van der Waals surface area contributed by atoms with Gasteiger partial charge in [-0.1, -0.05) is 44.2 Å². The Morgan fingerprint density at radius 3 is 2.27 bits per heavy atom. The zero-order chi connectivity index (χ0) is 16.5. The quantitative estimate of drug-likeness (QED) is 0.484. The van der Waals surface area contributed by atoms with Crippen molar-refractivity contribution < 1.29 is 23.9 Å². The van der Waals surface area contributed by atoms with Crippen LogP contribution in [-0.4, -0.2) is 30.4 Å². The first-order valence-electron chi connectivity index (χ1n) is 7.03. The average Bonchev–Trinajstić information content (AvgIpc) is 2.46. The number of ketones is 3. The van der Waals surface area contributed by atoms with Crippen LogP contribution >= 0.6 is 0 Å². The Balaban J connectivity index is 2.40. The van der Waals surface area contributed by atoms with Crippen molar-refractivity contribution in [3.05, 3.63) is 35.9 Å². The highest BCUT2D eigenvalue weighted by Crippen LogP contribution is 2.40. The van der Waals surface area contributed by atoms with Gasteiger partial charge in [0.2, 0.25) is 0 Å². The van der Waals surface area contributed by atoms with E-state index in [0.29, 0.717) is 0 Å². The molecule has 1 aromatic carbocycles. The van der Waals surface area contributed by atoms with E-state index in [-0.39, 0.29) is 12.0 Å². The summed E-state index contributed by atoms with van der Waals surface area (Å²) in [6.45, 7) is 3.32. The SMILES string of the molecule is COC(=O)[C@@H]1C(=O)[C@@H](C(=O)c2ccccc2)C(=O)CC1(C)C. The molecule has 116 valence electrons. The summed E-state index contributed by atoms with van der Waals surface area (Å²) < 4.78 is 4.68. The molecule has 0 N–H and O–H groups in total. The lowest BCUT2D eigenvalue weighted by atomic mass is 9.63. The fraction of sp³-hybridized carbons (Fsp3) is 0.412. The summed E-state index contributed by atoms with van der Waals surface area (Å²) in [5.41, 5.74) is -0.563. The highest BCUT2D eigenvalue weighted by molar-refractivity contribution is 6.28. The number of carbonyl (C=O) groups is 4. The van der Waals surface area contributed by atoms with Crippen LogP contribution in [-0.2, 0) is 19.1 Å². The topological polar surface area (TPSA) is 77.5 Å². The fourth-order valence-electron chi connectivity index (χ4n) is 2.96. The van der Waals surface area contributed by atoms with Crippen molar-refractivity contribution in [3.8, 4) is 0 Å². The predicted octanol–water partition coefficient (Wildman–Crippen LogP) is 1.84. The van der Waals surface area contributed by atoms with Gasteiger partial charge in [-0.05, 0) is 5.41 Å². The van der Waals surface area contributed by atoms with Crippen molar-refractivity contribution in [2.24, 2.45) is 17.3 Å². The van der Waals surface area contributed by atoms with Gasteiger partial charge in [0, 0.05) is 12.0 Å². The van der Waals surface area contributed by atoms with Crippen LogP contribution in [0.5, 0.6) is 0 Å². The van der Waals surface area contributed by atoms with E-state index in [1.54, 1.807) is 44.2 Å². The molecule has 5 heteroatoms. The minimum absolute atomic E-state index is 0.0122. The minimum Gasteiger partial charge on any atom is -0.468 e. The van der Waals surface area contributed by atoms with Crippen LogP contribution < -0.4 is 0 Å². The normalized spacial score (nSPS) is 24.0. The molecule has 0 bridgehead atoms. The smallest absolute Gasteiger partial charge is 0.316 e. The molecule has 0 amide bonds. The Bertz CT molecular complexity index is 630. The molecule has 1 saturated carbocycles. The monoisotopic (exact) mass is 302 g/mol. The van der Waals surface area contributed by atoms with Crippen LogP contribution in [0.25, 0.3) is 0 Å². The summed E-state index contributed by atoms with van der Waals surface area (Å²) in [4.78, 5) is 49.4. The molecule has 1 aliphatic carbocycles. The van der Waals surface area contributed by atoms with E-state index in [1.165, 1.54) is 7.11 Å². The second-order valence-electron chi connectivity index (χ2n) is 6.15. The van der Waals surface area contributed by atoms with Gasteiger partial charge in [-0.2, -0.15) is 0 Å². The zero-order valence-electron chi connectivity index (χ0n) is 12.8. The van der Waals surface area contributed by atoms with Crippen molar-refractivity contribution in [3.63, 3.8) is 0 Å². The number of methoxy groups -OCH3 is 1. The molecule has 1 aliphatic rings. The summed E-state index contributed by atoms with van der Waals surface area (Å²) in [6.07, 6.45) is -0.0122. The van der Waals surface area contributed by atoms with Crippen LogP contribution in [0.3, 0.4) is 0 Å². The number of esters is 1. The molecule has 0 heterocycles. The maximum atomic E-state index is 12.6. The van der Waals surface area contributed by atoms with E-state index >= 15 is 0 Å². The summed E-state index contributed by atoms with van der Waals surface area (Å²) in [5, 5.41) is 0. The lowest BCUT2D eigenvalue weighted by molar-refractivity contribution is -0.159. The Kier molecular flexibility index (Phi) is 4.26. The highest BCUT2D eigenvalue weighted by atomic mass is 16.5. The molecule has 0 saturated heterocycles. The molecule has 5 nitrogen and oxygen atoms in total. The third kappa shape index (κ3) is 2.71. The van der Waals surface area contributed by atoms with Crippen LogP contribution in [0.2, 0.25) is 0 Å². The molecule has 22 heavy (non-hydrogen) atoms. The number of rotatable bonds is 3. The molecule has 0 aromatic heterocycles. The molecule has 1 aromatic rings. The molecule has 0 spiro atoms. The van der Waals surface area contributed by atoms with Gasteiger partial charge in [0.15, 0.2) is 17.3 Å². The third-order valence-corrected chi connectivity index (χ3v) is 4.06. The molecule has 2 atom stereocenters. The molecule has 0 unspecified atom stereocenters. The van der Waals surface area contributed by atoms with E-state index < -0.39 is 40.6 Å². The third-order valence-electron chi connectivity index (χ3n) is 4.06. The second-order valence-corrected chi connectivity index (χ2v) is 6.15. The van der Waals surface area contributed by atoms with E-state index in [2.05, 4.69) is 4.74 Å². The van der Waals surface area contributed by atoms with Crippen LogP contribution in [0.15, 0.2) is 30.3 Å². The number of hydrogen-bond acceptors (Lipinski definition) is 5. The first-order chi connectivity index (χ1) is 10.3. The molecular formula is C17H18O5. The Morgan fingerprint density at radius 2 is 1.73 bits per heavy atom. The number of Topliss-reactive ketones (excluding diaryl/α,β-unsaturated/α-hetero) is 3. The Labute approximate surface area is 128 Å². The summed E-state index contributed by atoms with van der Waals surface area (Å²) in [6, 6.07) is 8.16. The van der Waals surface area contributed by atoms with Gasteiger partial charge in [0.25, 0.3) is 0 Å². The van der Waals surface area contributed by atoms with Crippen molar-refractivity contribution in [2.75, 3.05) is 7.11 Å². The van der Waals surface area contributed by atoms with Gasteiger partial charge in [-0.25, -0.2) is 0 Å². The summed E-state index contributed by atoms with van der Waals surface area (Å²) >= 11 is 0. The molecular weight excluding hydrogens is 284 g/mol. The zero-order valence-corrected chi connectivity index (χ0v) is 12.8. The Hall–Kier alpha value is -2.30. The largest absolute Gasteiger partial charge is 0.468 e. The second kappa shape index (κ2) is 5.83. The molecule has 1 fully saturated rings. The highest BCUT2D eigenvalue weighted by Gasteiger charge is 2.54. The van der Waals surface area contributed by atoms with Crippen molar-refractivity contribution >= 4 is 23.3 Å². The predicted molar refractivity (Wildman–Crippen MR) is 78.2 cm³/mol. The lowest BCUT2D eigenvalue weighted by Gasteiger charge is -2.37. The van der Waals surface area contributed by atoms with Gasteiger partial charge < -0.3 is 4.74 Å². The maximum absolute atomic E-state index is 12.6. The first kappa shape index (κ1) is 16.1. The van der Waals surface area contributed by atoms with Gasteiger partial charge in [-0.15, -0.1) is 0 Å². The van der Waals surface area contributed by atoms with Crippen molar-refractivity contribution in [1.29, 1.82) is 0 Å². The minimum atomic E-state index is -1.42. The number of benzene rings is 1. The summed E-state index contributed by atoms with van der Waals surface area (Å²) in [7, 11) is 1.19. The molecule has 0 aliphatic heterocycles. The number of carbonyl (C=O) groups excluding carboxylic acids is 4. The fourth-order valence-corrected chi connectivity index (χ4v) is 2.96. The van der Waals surface area contributed by atoms with Crippen LogP contribution in [0, 0.1) is 17.3 Å². The number of ether oxygens (including phenoxy) is 1. The number of hydrogen-bond donors (Lipinski definition) is 0. The van der Waals surface area contributed by atoms with E-state index in [4.69, 9.17) is 0 Å². The van der Waals surface area contributed by atoms with E-state index in [9.17, 15) is 19.2 Å². The van der Waals surface area contributed by atoms with Crippen LogP contribution in [0.1, 0.15) is 30.6 Å². The van der Waals surface area contributed by atoms with Gasteiger partial charge in [0.1, 0.15) is 11.8 Å². The Morgan fingerprint density at radius 1 is 1.14 bits per heavy atom. The maximum Gasteiger partial charge on any atom is 0.316 e. The molecule has 0 radical (unpaired) electrons. The molecule has 2 rings (SSSR count). The van der Waals surface area contributed by atoms with Gasteiger partial charge >= 0.3 is 5.97 Å². The van der Waals surface area contributed by atoms with E-state index in [1.807, 2.05) is 0 Å². The first-order valence-corrected chi connectivity index (χ1v) is 7.03. The standard InChI is InChI=1S/C17H18O5/c1-17(2)9-11(18)12(15(20)13(17)16(21)22-3)14(19)10-7-5-4-6-8-10/h4-8,12-13H,9H2,1-3H3/t12-,13+/m1/s1. The summed E-state index contributed by atoms with van der Waals surface area (Å²) in [5.74, 6) is -4.88. The lowest BCUT2D eigenvalue weighted by Crippen LogP contribution is -2.52. The van der Waals surface area contributed by atoms with Gasteiger partial charge in [0.05, 0.1) is 7.11 Å². The van der Waals surface area contributed by atoms with Crippen molar-refractivity contribution in [2.45, 2.75) is 20.3 Å². The average molecular weight is 302 g/mol.